The normalized spacial score (nSPS) is 19.1. The summed E-state index contributed by atoms with van der Waals surface area (Å²) >= 11 is 5.83. The van der Waals surface area contributed by atoms with Gasteiger partial charge in [-0.25, -0.2) is 13.6 Å². The summed E-state index contributed by atoms with van der Waals surface area (Å²) in [6.07, 6.45) is 2.34. The van der Waals surface area contributed by atoms with Crippen molar-refractivity contribution in [3.8, 4) is 11.3 Å². The molecule has 4 amide bonds. The highest BCUT2D eigenvalue weighted by Gasteiger charge is 2.38. The minimum absolute atomic E-state index is 0.241. The molecule has 0 radical (unpaired) electrons. The molecule has 3 aromatic rings. The van der Waals surface area contributed by atoms with Crippen molar-refractivity contribution in [3.05, 3.63) is 70.9 Å². The molecule has 5 rings (SSSR count). The summed E-state index contributed by atoms with van der Waals surface area (Å²) in [6.45, 7) is 0.798. The average Bonchev–Trinajstić information content (AvgIpc) is 2.98. The van der Waals surface area contributed by atoms with Crippen LogP contribution in [0.5, 0.6) is 0 Å². The van der Waals surface area contributed by atoms with Gasteiger partial charge in [-0.05, 0) is 60.9 Å². The Balaban J connectivity index is 1.51. The summed E-state index contributed by atoms with van der Waals surface area (Å²) in [5, 5.41) is 5.14. The number of ether oxygens (including phenoxy) is 1. The van der Waals surface area contributed by atoms with Gasteiger partial charge in [0.05, 0.1) is 29.6 Å². The van der Waals surface area contributed by atoms with Crippen molar-refractivity contribution in [2.24, 2.45) is 5.92 Å². The maximum Gasteiger partial charge on any atom is 0.411 e. The molecule has 0 saturated carbocycles. The number of anilines is 3. The summed E-state index contributed by atoms with van der Waals surface area (Å²) in [6, 6.07) is 9.86. The molecular weight excluding hydrogens is 584 g/mol. The van der Waals surface area contributed by atoms with Gasteiger partial charge in [0.2, 0.25) is 17.7 Å². The summed E-state index contributed by atoms with van der Waals surface area (Å²) in [5.41, 5.74) is 1.90. The highest BCUT2D eigenvalue weighted by molar-refractivity contribution is 6.31. The lowest BCUT2D eigenvalue weighted by Crippen LogP contribution is -2.55. The Kier molecular flexibility index (Phi) is 8.58. The molecule has 2 aliphatic heterocycles. The van der Waals surface area contributed by atoms with Crippen molar-refractivity contribution >= 4 is 52.5 Å². The summed E-state index contributed by atoms with van der Waals surface area (Å²) in [5.74, 6) is -3.92. The van der Waals surface area contributed by atoms with E-state index in [9.17, 15) is 28.0 Å². The first-order valence-corrected chi connectivity index (χ1v) is 13.9. The van der Waals surface area contributed by atoms with E-state index in [0.29, 0.717) is 47.5 Å². The Morgan fingerprint density at radius 2 is 1.86 bits per heavy atom. The molecular formula is C30H28ClF2N5O5. The van der Waals surface area contributed by atoms with E-state index in [1.165, 1.54) is 12.0 Å². The molecule has 2 unspecified atom stereocenters. The fourth-order valence-corrected chi connectivity index (χ4v) is 5.46. The van der Waals surface area contributed by atoms with Gasteiger partial charge in [0, 0.05) is 23.4 Å². The average molecular weight is 612 g/mol. The number of hydrogen-bond donors (Lipinski definition) is 2. The lowest BCUT2D eigenvalue weighted by molar-refractivity contribution is -0.141. The van der Waals surface area contributed by atoms with Gasteiger partial charge in [0.25, 0.3) is 0 Å². The Morgan fingerprint density at radius 3 is 2.63 bits per heavy atom. The molecule has 2 aromatic carbocycles. The van der Waals surface area contributed by atoms with Gasteiger partial charge in [-0.15, -0.1) is 0 Å². The number of pyridine rings is 1. The van der Waals surface area contributed by atoms with E-state index in [4.69, 9.17) is 11.6 Å². The number of fused-ring (bicyclic) bond motifs is 4. The molecule has 0 aliphatic carbocycles. The summed E-state index contributed by atoms with van der Waals surface area (Å²) < 4.78 is 34.0. The van der Waals surface area contributed by atoms with E-state index in [0.717, 1.165) is 17.0 Å². The molecule has 2 atom stereocenters. The molecule has 224 valence electrons. The Morgan fingerprint density at radius 1 is 1.07 bits per heavy atom. The number of piperazine rings is 1. The highest BCUT2D eigenvalue weighted by atomic mass is 35.5. The summed E-state index contributed by atoms with van der Waals surface area (Å²) in [4.78, 5) is 58.3. The molecule has 43 heavy (non-hydrogen) atoms. The van der Waals surface area contributed by atoms with Gasteiger partial charge in [-0.3, -0.25) is 29.6 Å². The maximum absolute atomic E-state index is 14.7. The van der Waals surface area contributed by atoms with Gasteiger partial charge < -0.3 is 15.0 Å². The van der Waals surface area contributed by atoms with Crippen LogP contribution in [0.15, 0.2) is 48.7 Å². The minimum Gasteiger partial charge on any atom is -0.453 e. The standard InChI is InChI=1S/C30H28ClF2N5O5/c1-16-4-3-5-24(37-14-26(40)38(15-25(37)39)28-21(32)9-8-20(31)27(28)33)17-10-11-34-22(12-17)19-7-6-18(35-30(42)43-2)13-23(19)36-29(16)41/h6-13,16,24H,3-5,14-15H2,1-2H3,(H,35,42)(H,36,41). The predicted molar refractivity (Wildman–Crippen MR) is 156 cm³/mol. The number of benzene rings is 2. The second-order valence-electron chi connectivity index (χ2n) is 10.4. The van der Waals surface area contributed by atoms with Crippen LogP contribution < -0.4 is 15.5 Å². The minimum atomic E-state index is -1.11. The lowest BCUT2D eigenvalue weighted by Gasteiger charge is -2.39. The van der Waals surface area contributed by atoms with Crippen LogP contribution in [0.1, 0.15) is 37.8 Å². The second-order valence-corrected chi connectivity index (χ2v) is 10.8. The van der Waals surface area contributed by atoms with E-state index in [1.807, 2.05) is 0 Å². The monoisotopic (exact) mass is 611 g/mol. The first kappa shape index (κ1) is 29.9. The third-order valence-electron chi connectivity index (χ3n) is 7.60. The van der Waals surface area contributed by atoms with Gasteiger partial charge in [-0.2, -0.15) is 0 Å². The molecule has 1 aromatic heterocycles. The number of halogens is 3. The maximum atomic E-state index is 14.7. The van der Waals surface area contributed by atoms with Gasteiger partial charge in [0.15, 0.2) is 5.82 Å². The Labute approximate surface area is 251 Å². The number of aromatic nitrogens is 1. The lowest BCUT2D eigenvalue weighted by atomic mass is 9.93. The fourth-order valence-electron chi connectivity index (χ4n) is 5.31. The zero-order valence-corrected chi connectivity index (χ0v) is 24.1. The third-order valence-corrected chi connectivity index (χ3v) is 7.89. The molecule has 10 nitrogen and oxygen atoms in total. The Hall–Kier alpha value is -4.58. The number of methoxy groups -OCH3 is 1. The van der Waals surface area contributed by atoms with Crippen molar-refractivity contribution in [1.29, 1.82) is 0 Å². The van der Waals surface area contributed by atoms with Crippen LogP contribution in [0.2, 0.25) is 5.02 Å². The number of carbonyl (C=O) groups excluding carboxylic acids is 4. The van der Waals surface area contributed by atoms with Crippen molar-refractivity contribution in [1.82, 2.24) is 9.88 Å². The first-order valence-electron chi connectivity index (χ1n) is 13.6. The van der Waals surface area contributed by atoms with E-state index in [2.05, 4.69) is 20.4 Å². The topological polar surface area (TPSA) is 121 Å². The van der Waals surface area contributed by atoms with Crippen LogP contribution in [0.25, 0.3) is 11.3 Å². The number of rotatable bonds is 3. The SMILES string of the molecule is COC(=O)Nc1ccc2c(c1)NC(=O)C(C)CCCC(N1CC(=O)N(c3c(F)ccc(Cl)c3F)CC1=O)c1ccnc-2c1. The molecule has 1 saturated heterocycles. The largest absolute Gasteiger partial charge is 0.453 e. The number of carbonyl (C=O) groups is 4. The number of amides is 4. The smallest absolute Gasteiger partial charge is 0.411 e. The predicted octanol–water partition coefficient (Wildman–Crippen LogP) is 5.53. The fraction of sp³-hybridized carbons (Fsp3) is 0.300. The van der Waals surface area contributed by atoms with Crippen molar-refractivity contribution in [3.63, 3.8) is 0 Å². The van der Waals surface area contributed by atoms with Crippen LogP contribution in [-0.4, -0.2) is 53.9 Å². The van der Waals surface area contributed by atoms with Crippen molar-refractivity contribution < 1.29 is 32.7 Å². The Bertz CT molecular complexity index is 1620. The molecule has 2 bridgehead atoms. The van der Waals surface area contributed by atoms with Crippen LogP contribution in [-0.2, 0) is 19.1 Å². The van der Waals surface area contributed by atoms with Gasteiger partial charge in [0.1, 0.15) is 24.6 Å². The zero-order chi connectivity index (χ0) is 30.8. The zero-order valence-electron chi connectivity index (χ0n) is 23.3. The second kappa shape index (κ2) is 12.3. The molecule has 3 heterocycles. The number of hydrogen-bond acceptors (Lipinski definition) is 6. The van der Waals surface area contributed by atoms with Gasteiger partial charge in [-0.1, -0.05) is 24.9 Å². The molecule has 1 fully saturated rings. The third kappa shape index (κ3) is 6.14. The van der Waals surface area contributed by atoms with Crippen LogP contribution in [0.3, 0.4) is 0 Å². The van der Waals surface area contributed by atoms with Gasteiger partial charge >= 0.3 is 6.09 Å². The van der Waals surface area contributed by atoms with E-state index in [-0.39, 0.29) is 10.9 Å². The van der Waals surface area contributed by atoms with Crippen LogP contribution >= 0.6 is 11.6 Å². The van der Waals surface area contributed by atoms with E-state index in [1.54, 1.807) is 43.5 Å². The van der Waals surface area contributed by atoms with E-state index < -0.39 is 60.3 Å². The molecule has 2 aliphatic rings. The van der Waals surface area contributed by atoms with Crippen molar-refractivity contribution in [2.45, 2.75) is 32.2 Å². The van der Waals surface area contributed by atoms with Crippen LogP contribution in [0, 0.1) is 17.6 Å². The quantitative estimate of drug-likeness (QED) is 0.376. The summed E-state index contributed by atoms with van der Waals surface area (Å²) in [7, 11) is 1.24. The number of nitrogens with one attached hydrogen (secondary N) is 2. The van der Waals surface area contributed by atoms with E-state index >= 15 is 0 Å². The number of nitrogens with zero attached hydrogens (tertiary/aromatic N) is 3. The van der Waals surface area contributed by atoms with Crippen LogP contribution in [0.4, 0.5) is 30.6 Å². The molecule has 2 N–H and O–H groups in total. The molecule has 13 heteroatoms. The van der Waals surface area contributed by atoms with Crippen molar-refractivity contribution in [2.75, 3.05) is 35.7 Å². The first-order chi connectivity index (χ1) is 20.6. The highest BCUT2D eigenvalue weighted by Crippen LogP contribution is 2.37. The molecule has 0 spiro atoms.